The second-order valence-electron chi connectivity index (χ2n) is 9.72. The normalized spacial score (nSPS) is 10.8. The van der Waals surface area contributed by atoms with Crippen molar-refractivity contribution < 1.29 is 43.9 Å². The topological polar surface area (TPSA) is 140 Å². The fourth-order valence-electron chi connectivity index (χ4n) is 4.60. The highest BCUT2D eigenvalue weighted by Gasteiger charge is 2.23. The maximum atomic E-state index is 13.3. The maximum absolute atomic E-state index is 13.3. The number of ether oxygens (including phenoxy) is 3. The highest BCUT2D eigenvalue weighted by Crippen LogP contribution is 2.44. The zero-order chi connectivity index (χ0) is 30.8. The highest BCUT2D eigenvalue weighted by atomic mass is 16.6. The Morgan fingerprint density at radius 3 is 1.41 bits per heavy atom. The van der Waals surface area contributed by atoms with E-state index in [0.29, 0.717) is 21.5 Å². The molecule has 0 heterocycles. The van der Waals surface area contributed by atoms with Crippen molar-refractivity contribution in [2.75, 3.05) is 0 Å². The molecule has 0 fully saturated rings. The molecule has 9 heteroatoms. The minimum atomic E-state index is -0.796. The Hall–Kier alpha value is -6.35. The predicted octanol–water partition coefficient (Wildman–Crippen LogP) is 6.77. The van der Waals surface area contributed by atoms with Crippen molar-refractivity contribution in [1.29, 1.82) is 0 Å². The Morgan fingerprint density at radius 2 is 0.886 bits per heavy atom. The Balaban J connectivity index is 1.50. The quantitative estimate of drug-likeness (QED) is 0.110. The molecule has 216 valence electrons. The summed E-state index contributed by atoms with van der Waals surface area (Å²) in [5.74, 6) is -2.36. The zero-order valence-electron chi connectivity index (χ0n) is 22.8. The lowest BCUT2D eigenvalue weighted by atomic mass is 10.0. The summed E-state index contributed by atoms with van der Waals surface area (Å²) in [5.41, 5.74) is 0.457. The van der Waals surface area contributed by atoms with Crippen LogP contribution in [0.3, 0.4) is 0 Å². The Kier molecular flexibility index (Phi) is 7.26. The fourth-order valence-corrected chi connectivity index (χ4v) is 4.60. The van der Waals surface area contributed by atoms with Gasteiger partial charge in [-0.1, -0.05) is 24.3 Å². The Bertz CT molecular complexity index is 2050. The molecule has 0 radical (unpaired) electrons. The van der Waals surface area contributed by atoms with Crippen molar-refractivity contribution >= 4 is 39.5 Å². The molecule has 3 N–H and O–H groups in total. The van der Waals surface area contributed by atoms with Crippen LogP contribution in [0, 0.1) is 0 Å². The molecular weight excluding hydrogens is 564 g/mol. The van der Waals surface area contributed by atoms with Gasteiger partial charge in [0, 0.05) is 16.2 Å². The first-order valence-electron chi connectivity index (χ1n) is 13.3. The van der Waals surface area contributed by atoms with Crippen LogP contribution in [0.5, 0.6) is 34.5 Å². The number of aromatic hydroxyl groups is 3. The van der Waals surface area contributed by atoms with Crippen LogP contribution in [-0.2, 0) is 0 Å². The summed E-state index contributed by atoms with van der Waals surface area (Å²) in [6.07, 6.45) is 0. The van der Waals surface area contributed by atoms with Gasteiger partial charge in [-0.05, 0) is 96.4 Å². The van der Waals surface area contributed by atoms with Gasteiger partial charge in [0.15, 0.2) is 11.5 Å². The van der Waals surface area contributed by atoms with Crippen LogP contribution >= 0.6 is 0 Å². The monoisotopic (exact) mass is 586 g/mol. The largest absolute Gasteiger partial charge is 0.508 e. The molecule has 0 aliphatic heterocycles. The lowest BCUT2D eigenvalue weighted by molar-refractivity contribution is 0.0684. The maximum Gasteiger partial charge on any atom is 0.343 e. The molecule has 0 amide bonds. The van der Waals surface area contributed by atoms with Gasteiger partial charge >= 0.3 is 17.9 Å². The van der Waals surface area contributed by atoms with Gasteiger partial charge in [0.1, 0.15) is 23.0 Å². The van der Waals surface area contributed by atoms with Crippen molar-refractivity contribution in [2.45, 2.75) is 0 Å². The molecule has 0 bridgehead atoms. The van der Waals surface area contributed by atoms with Crippen molar-refractivity contribution in [3.63, 3.8) is 0 Å². The number of carbonyl (C=O) groups excluding carboxylic acids is 3. The highest BCUT2D eigenvalue weighted by molar-refractivity contribution is 6.11. The molecule has 6 aromatic rings. The third kappa shape index (κ3) is 5.57. The third-order valence-electron chi connectivity index (χ3n) is 6.81. The molecule has 44 heavy (non-hydrogen) atoms. The number of esters is 3. The second-order valence-corrected chi connectivity index (χ2v) is 9.72. The predicted molar refractivity (Wildman–Crippen MR) is 161 cm³/mol. The fraction of sp³-hybridized carbons (Fsp3) is 0. The Labute approximate surface area is 249 Å². The summed E-state index contributed by atoms with van der Waals surface area (Å²) < 4.78 is 17.4. The number of phenols is 3. The number of hydrogen-bond acceptors (Lipinski definition) is 9. The molecular formula is C35H22O9. The number of carbonyl (C=O) groups is 3. The molecule has 0 unspecified atom stereocenters. The summed E-state index contributed by atoms with van der Waals surface area (Å²) in [6.45, 7) is 0. The number of rotatable bonds is 6. The summed E-state index contributed by atoms with van der Waals surface area (Å²) >= 11 is 0. The minimum Gasteiger partial charge on any atom is -0.508 e. The summed E-state index contributed by atoms with van der Waals surface area (Å²) in [4.78, 5) is 39.5. The SMILES string of the molecule is O=C(Oc1ccc2c(OC(=O)c3ccc(O)cc3)c3ccccc3cc2c1OC(=O)c1ccc(O)cc1)c1ccc(O)cc1. The van der Waals surface area contributed by atoms with Crippen LogP contribution < -0.4 is 14.2 Å². The van der Waals surface area contributed by atoms with Crippen molar-refractivity contribution in [3.8, 4) is 34.5 Å². The number of fused-ring (bicyclic) bond motifs is 2. The zero-order valence-corrected chi connectivity index (χ0v) is 22.8. The van der Waals surface area contributed by atoms with Crippen LogP contribution in [0.4, 0.5) is 0 Å². The van der Waals surface area contributed by atoms with Crippen LogP contribution in [0.2, 0.25) is 0 Å². The summed E-state index contributed by atoms with van der Waals surface area (Å²) in [6, 6.07) is 28.3. The minimum absolute atomic E-state index is 0.00775. The van der Waals surface area contributed by atoms with Gasteiger partial charge in [0.05, 0.1) is 16.7 Å². The van der Waals surface area contributed by atoms with E-state index in [0.717, 1.165) is 0 Å². The van der Waals surface area contributed by atoms with Crippen molar-refractivity contribution in [2.24, 2.45) is 0 Å². The third-order valence-corrected chi connectivity index (χ3v) is 6.81. The van der Waals surface area contributed by atoms with Crippen LogP contribution in [0.25, 0.3) is 21.5 Å². The standard InChI is InChI=1S/C35H22O9/c36-24-11-5-20(6-12-24)33(39)42-30-18-17-28-29(32(30)44-35(41)22-9-15-26(38)16-10-22)19-23-3-1-2-4-27(23)31(28)43-34(40)21-7-13-25(37)14-8-21/h1-19,36-38H. The molecule has 0 spiro atoms. The first-order valence-corrected chi connectivity index (χ1v) is 13.3. The molecule has 0 aliphatic carbocycles. The van der Waals surface area contributed by atoms with Gasteiger partial charge in [0.25, 0.3) is 0 Å². The van der Waals surface area contributed by atoms with Crippen molar-refractivity contribution in [1.82, 2.24) is 0 Å². The molecule has 0 atom stereocenters. The van der Waals surface area contributed by atoms with Crippen molar-refractivity contribution in [3.05, 3.63) is 132 Å². The molecule has 0 saturated heterocycles. The van der Waals surface area contributed by atoms with E-state index in [1.54, 1.807) is 36.4 Å². The van der Waals surface area contributed by atoms with Gasteiger partial charge < -0.3 is 29.5 Å². The smallest absolute Gasteiger partial charge is 0.343 e. The summed E-state index contributed by atoms with van der Waals surface area (Å²) in [7, 11) is 0. The van der Waals surface area contributed by atoms with Gasteiger partial charge in [-0.15, -0.1) is 0 Å². The van der Waals surface area contributed by atoms with Crippen LogP contribution in [-0.4, -0.2) is 33.2 Å². The van der Waals surface area contributed by atoms with Gasteiger partial charge in [-0.25, -0.2) is 14.4 Å². The first-order chi connectivity index (χ1) is 21.3. The van der Waals surface area contributed by atoms with Gasteiger partial charge in [-0.2, -0.15) is 0 Å². The molecule has 0 saturated carbocycles. The average Bonchev–Trinajstić information content (AvgIpc) is 3.03. The molecule has 0 aromatic heterocycles. The Morgan fingerprint density at radius 1 is 0.432 bits per heavy atom. The van der Waals surface area contributed by atoms with Crippen LogP contribution in [0.1, 0.15) is 31.1 Å². The van der Waals surface area contributed by atoms with E-state index >= 15 is 0 Å². The number of benzene rings is 6. The second kappa shape index (κ2) is 11.5. The number of hydrogen-bond donors (Lipinski definition) is 3. The number of phenolic OH excluding ortho intramolecular Hbond substituents is 3. The lowest BCUT2D eigenvalue weighted by Crippen LogP contribution is -2.13. The molecule has 6 aromatic carbocycles. The van der Waals surface area contributed by atoms with E-state index in [-0.39, 0.29) is 51.2 Å². The van der Waals surface area contributed by atoms with E-state index in [9.17, 15) is 29.7 Å². The molecule has 9 nitrogen and oxygen atoms in total. The van der Waals surface area contributed by atoms with E-state index < -0.39 is 17.9 Å². The van der Waals surface area contributed by atoms with Gasteiger partial charge in [0.2, 0.25) is 0 Å². The van der Waals surface area contributed by atoms with Gasteiger partial charge in [-0.3, -0.25) is 0 Å². The van der Waals surface area contributed by atoms with E-state index in [2.05, 4.69) is 0 Å². The van der Waals surface area contributed by atoms with E-state index in [1.165, 1.54) is 78.9 Å². The van der Waals surface area contributed by atoms with E-state index in [1.807, 2.05) is 0 Å². The lowest BCUT2D eigenvalue weighted by Gasteiger charge is -2.17. The first kappa shape index (κ1) is 27.8. The molecule has 0 aliphatic rings. The van der Waals surface area contributed by atoms with E-state index in [4.69, 9.17) is 14.2 Å². The average molecular weight is 587 g/mol. The summed E-state index contributed by atoms with van der Waals surface area (Å²) in [5, 5.41) is 30.8. The molecule has 6 rings (SSSR count). The van der Waals surface area contributed by atoms with Crippen LogP contribution in [0.15, 0.2) is 115 Å².